The monoisotopic (exact) mass is 284 g/mol. The molecule has 3 heteroatoms. The van der Waals surface area contributed by atoms with Crippen molar-refractivity contribution in [1.82, 2.24) is 9.88 Å². The molecule has 0 amide bonds. The largest absolute Gasteiger partial charge is 0.376 e. The second-order valence-electron chi connectivity index (χ2n) is 6.60. The number of fused-ring (bicyclic) bond motifs is 1. The number of hydrogen-bond donors (Lipinski definition) is 1. The minimum Gasteiger partial charge on any atom is -0.376 e. The summed E-state index contributed by atoms with van der Waals surface area (Å²) in [6.07, 6.45) is 4.33. The number of nitrogens with one attached hydrogen (secondary N) is 1. The molecule has 2 aromatic rings. The zero-order chi connectivity index (χ0) is 14.4. The van der Waals surface area contributed by atoms with Gasteiger partial charge in [0.2, 0.25) is 0 Å². The van der Waals surface area contributed by atoms with Gasteiger partial charge in [-0.25, -0.2) is 0 Å². The Hall–Kier alpha value is -1.32. The Bertz CT molecular complexity index is 618. The molecule has 2 aliphatic rings. The molecular weight excluding hydrogens is 260 g/mol. The highest BCUT2D eigenvalue weighted by molar-refractivity contribution is 5.85. The molecule has 2 fully saturated rings. The minimum absolute atomic E-state index is 0.458. The van der Waals surface area contributed by atoms with Crippen LogP contribution in [0.3, 0.4) is 0 Å². The zero-order valence-corrected chi connectivity index (χ0v) is 12.9. The van der Waals surface area contributed by atoms with Crippen molar-refractivity contribution in [2.45, 2.75) is 44.9 Å². The molecule has 4 rings (SSSR count). The number of ether oxygens (including phenoxy) is 1. The summed E-state index contributed by atoms with van der Waals surface area (Å²) in [4.78, 5) is 0. The van der Waals surface area contributed by atoms with E-state index in [-0.39, 0.29) is 0 Å². The topological polar surface area (TPSA) is 26.2 Å². The maximum Gasteiger partial charge on any atom is 0.0757 e. The lowest BCUT2D eigenvalue weighted by Crippen LogP contribution is -2.37. The van der Waals surface area contributed by atoms with Gasteiger partial charge in [0.15, 0.2) is 0 Å². The predicted molar refractivity (Wildman–Crippen MR) is 85.4 cm³/mol. The Morgan fingerprint density at radius 2 is 2.05 bits per heavy atom. The van der Waals surface area contributed by atoms with E-state index < -0.39 is 0 Å². The van der Waals surface area contributed by atoms with Crippen molar-refractivity contribution in [1.29, 1.82) is 0 Å². The molecule has 112 valence electrons. The standard InChI is InChI=1S/C18H24N2O/c1-12-14-5-3-4-6-16(14)20(2)17(12)11-19-15-9-10-21-18(15)13-7-8-13/h3-6,13,15,18-19H,7-11H2,1-2H3. The zero-order valence-electron chi connectivity index (χ0n) is 12.9. The van der Waals surface area contributed by atoms with E-state index in [1.807, 2.05) is 0 Å². The molecule has 21 heavy (non-hydrogen) atoms. The number of para-hydroxylation sites is 1. The van der Waals surface area contributed by atoms with E-state index in [0.29, 0.717) is 12.1 Å². The third kappa shape index (κ3) is 2.29. The predicted octanol–water partition coefficient (Wildman–Crippen LogP) is 3.14. The maximum atomic E-state index is 5.93. The van der Waals surface area contributed by atoms with Crippen molar-refractivity contribution >= 4 is 10.9 Å². The minimum atomic E-state index is 0.458. The van der Waals surface area contributed by atoms with Gasteiger partial charge >= 0.3 is 0 Å². The summed E-state index contributed by atoms with van der Waals surface area (Å²) in [6.45, 7) is 4.10. The summed E-state index contributed by atoms with van der Waals surface area (Å²) in [7, 11) is 2.18. The van der Waals surface area contributed by atoms with Gasteiger partial charge < -0.3 is 14.6 Å². The molecule has 1 aromatic heterocycles. The SMILES string of the molecule is Cc1c(CNC2CCOC2C2CC2)n(C)c2ccccc12. The second kappa shape index (κ2) is 5.15. The van der Waals surface area contributed by atoms with Crippen LogP contribution in [0.2, 0.25) is 0 Å². The van der Waals surface area contributed by atoms with Crippen LogP contribution in [0.1, 0.15) is 30.5 Å². The van der Waals surface area contributed by atoms with Crippen LogP contribution >= 0.6 is 0 Å². The van der Waals surface area contributed by atoms with Crippen molar-refractivity contribution < 1.29 is 4.74 Å². The molecule has 0 spiro atoms. The Balaban J connectivity index is 1.54. The number of aryl methyl sites for hydroxylation is 2. The van der Waals surface area contributed by atoms with Crippen LogP contribution < -0.4 is 5.32 Å². The molecule has 3 nitrogen and oxygen atoms in total. The molecule has 1 saturated heterocycles. The molecule has 2 atom stereocenters. The van der Waals surface area contributed by atoms with E-state index in [1.165, 1.54) is 35.0 Å². The first-order chi connectivity index (χ1) is 10.3. The summed E-state index contributed by atoms with van der Waals surface area (Å²) >= 11 is 0. The molecule has 2 heterocycles. The van der Waals surface area contributed by atoms with Gasteiger partial charge in [0.05, 0.1) is 6.10 Å². The lowest BCUT2D eigenvalue weighted by atomic mass is 10.1. The van der Waals surface area contributed by atoms with E-state index >= 15 is 0 Å². The van der Waals surface area contributed by atoms with Gasteiger partial charge in [-0.2, -0.15) is 0 Å². The van der Waals surface area contributed by atoms with Crippen molar-refractivity contribution in [3.8, 4) is 0 Å². The fraction of sp³-hybridized carbons (Fsp3) is 0.556. The Morgan fingerprint density at radius 1 is 1.24 bits per heavy atom. The van der Waals surface area contributed by atoms with Crippen LogP contribution in [0, 0.1) is 12.8 Å². The maximum absolute atomic E-state index is 5.93. The summed E-state index contributed by atoms with van der Waals surface area (Å²) in [5.74, 6) is 0.818. The first-order valence-electron chi connectivity index (χ1n) is 8.13. The average Bonchev–Trinajstić information content (AvgIpc) is 3.20. The molecular formula is C18H24N2O. The van der Waals surface area contributed by atoms with Crippen molar-refractivity contribution in [2.75, 3.05) is 6.61 Å². The number of benzene rings is 1. The summed E-state index contributed by atoms with van der Waals surface area (Å²) in [5.41, 5.74) is 4.13. The number of aromatic nitrogens is 1. The third-order valence-electron chi connectivity index (χ3n) is 5.26. The smallest absolute Gasteiger partial charge is 0.0757 e. The van der Waals surface area contributed by atoms with E-state index in [9.17, 15) is 0 Å². The molecule has 1 aliphatic heterocycles. The van der Waals surface area contributed by atoms with Gasteiger partial charge in [0, 0.05) is 42.8 Å². The highest BCUT2D eigenvalue weighted by atomic mass is 16.5. The van der Waals surface area contributed by atoms with Crippen LogP contribution in [-0.2, 0) is 18.3 Å². The van der Waals surface area contributed by atoms with Gasteiger partial charge in [0.1, 0.15) is 0 Å². The Morgan fingerprint density at radius 3 is 2.81 bits per heavy atom. The van der Waals surface area contributed by atoms with Crippen LogP contribution in [0.4, 0.5) is 0 Å². The molecule has 1 aromatic carbocycles. The quantitative estimate of drug-likeness (QED) is 0.933. The fourth-order valence-electron chi connectivity index (χ4n) is 3.83. The lowest BCUT2D eigenvalue weighted by molar-refractivity contribution is 0.0808. The van der Waals surface area contributed by atoms with Crippen LogP contribution in [-0.4, -0.2) is 23.3 Å². The number of nitrogens with zero attached hydrogens (tertiary/aromatic N) is 1. The molecule has 1 aliphatic carbocycles. The van der Waals surface area contributed by atoms with Crippen LogP contribution in [0.15, 0.2) is 24.3 Å². The normalized spacial score (nSPS) is 25.8. The Kier molecular flexibility index (Phi) is 3.27. The van der Waals surface area contributed by atoms with Gasteiger partial charge in [0.25, 0.3) is 0 Å². The first kappa shape index (κ1) is 13.4. The Labute approximate surface area is 126 Å². The van der Waals surface area contributed by atoms with Crippen molar-refractivity contribution in [3.05, 3.63) is 35.5 Å². The summed E-state index contributed by atoms with van der Waals surface area (Å²) in [6, 6.07) is 9.21. The van der Waals surface area contributed by atoms with Gasteiger partial charge in [-0.15, -0.1) is 0 Å². The molecule has 0 bridgehead atoms. The van der Waals surface area contributed by atoms with Gasteiger partial charge in [-0.1, -0.05) is 18.2 Å². The molecule has 1 saturated carbocycles. The summed E-state index contributed by atoms with van der Waals surface area (Å²) < 4.78 is 8.26. The number of rotatable bonds is 4. The van der Waals surface area contributed by atoms with Gasteiger partial charge in [-0.05, 0) is 43.7 Å². The third-order valence-corrected chi connectivity index (χ3v) is 5.26. The fourth-order valence-corrected chi connectivity index (χ4v) is 3.83. The first-order valence-corrected chi connectivity index (χ1v) is 8.13. The van der Waals surface area contributed by atoms with Crippen molar-refractivity contribution in [3.63, 3.8) is 0 Å². The van der Waals surface area contributed by atoms with E-state index in [2.05, 4.69) is 48.1 Å². The lowest BCUT2D eigenvalue weighted by Gasteiger charge is -2.20. The van der Waals surface area contributed by atoms with Crippen molar-refractivity contribution in [2.24, 2.45) is 13.0 Å². The van der Waals surface area contributed by atoms with E-state index in [0.717, 1.165) is 25.5 Å². The highest BCUT2D eigenvalue weighted by Gasteiger charge is 2.40. The van der Waals surface area contributed by atoms with E-state index in [4.69, 9.17) is 4.74 Å². The summed E-state index contributed by atoms with van der Waals surface area (Å²) in [5, 5.41) is 5.14. The van der Waals surface area contributed by atoms with Crippen LogP contribution in [0.5, 0.6) is 0 Å². The highest BCUT2D eigenvalue weighted by Crippen LogP contribution is 2.38. The van der Waals surface area contributed by atoms with Crippen LogP contribution in [0.25, 0.3) is 10.9 Å². The molecule has 0 radical (unpaired) electrons. The average molecular weight is 284 g/mol. The second-order valence-corrected chi connectivity index (χ2v) is 6.60. The molecule has 1 N–H and O–H groups in total. The molecule has 2 unspecified atom stereocenters. The number of hydrogen-bond acceptors (Lipinski definition) is 2. The van der Waals surface area contributed by atoms with E-state index in [1.54, 1.807) is 0 Å². The van der Waals surface area contributed by atoms with Gasteiger partial charge in [-0.3, -0.25) is 0 Å².